The van der Waals surface area contributed by atoms with E-state index in [1.165, 1.54) is 6.07 Å². The quantitative estimate of drug-likeness (QED) is 0.802. The predicted molar refractivity (Wildman–Crippen MR) is 97.0 cm³/mol. The molecule has 6 nitrogen and oxygen atoms in total. The topological polar surface area (TPSA) is 78.5 Å². The standard InChI is InChI=1S/C17H21N3O3S/c1-20(16-9-4-3-5-10-16)12-11-18-17(21)14-7-6-8-15(13-14)19-24(2,22)23/h3-10,13,19H,11-12H2,1-2H3,(H,18,21). The molecule has 0 saturated carbocycles. The number of carbonyl (C=O) groups excluding carboxylic acids is 1. The minimum Gasteiger partial charge on any atom is -0.373 e. The van der Waals surface area contributed by atoms with Gasteiger partial charge in [-0.05, 0) is 30.3 Å². The zero-order valence-electron chi connectivity index (χ0n) is 13.7. The maximum absolute atomic E-state index is 12.2. The Morgan fingerprint density at radius 1 is 1.08 bits per heavy atom. The van der Waals surface area contributed by atoms with E-state index in [-0.39, 0.29) is 5.91 Å². The highest BCUT2D eigenvalue weighted by atomic mass is 32.2. The van der Waals surface area contributed by atoms with Crippen LogP contribution < -0.4 is 14.9 Å². The smallest absolute Gasteiger partial charge is 0.251 e. The van der Waals surface area contributed by atoms with E-state index < -0.39 is 10.0 Å². The van der Waals surface area contributed by atoms with Gasteiger partial charge in [-0.15, -0.1) is 0 Å². The Kier molecular flexibility index (Phi) is 5.81. The molecule has 0 aliphatic heterocycles. The van der Waals surface area contributed by atoms with Gasteiger partial charge in [-0.3, -0.25) is 9.52 Å². The number of rotatable bonds is 7. The Morgan fingerprint density at radius 3 is 2.46 bits per heavy atom. The molecular formula is C17H21N3O3S. The first-order chi connectivity index (χ1) is 11.3. The van der Waals surface area contributed by atoms with Gasteiger partial charge < -0.3 is 10.2 Å². The highest BCUT2D eigenvalue weighted by Crippen LogP contribution is 2.12. The second-order valence-electron chi connectivity index (χ2n) is 5.47. The number of anilines is 2. The second-order valence-corrected chi connectivity index (χ2v) is 7.22. The summed E-state index contributed by atoms with van der Waals surface area (Å²) in [7, 11) is -1.41. The molecule has 2 aromatic carbocycles. The van der Waals surface area contributed by atoms with Crippen molar-refractivity contribution in [2.45, 2.75) is 0 Å². The summed E-state index contributed by atoms with van der Waals surface area (Å²) in [6, 6.07) is 16.3. The number of hydrogen-bond donors (Lipinski definition) is 2. The SMILES string of the molecule is CN(CCNC(=O)c1cccc(NS(C)(=O)=O)c1)c1ccccc1. The van der Waals surface area contributed by atoms with Crippen molar-refractivity contribution in [3.05, 3.63) is 60.2 Å². The Morgan fingerprint density at radius 2 is 1.79 bits per heavy atom. The largest absolute Gasteiger partial charge is 0.373 e. The van der Waals surface area contributed by atoms with Crippen LogP contribution in [0, 0.1) is 0 Å². The molecule has 0 aromatic heterocycles. The number of hydrogen-bond acceptors (Lipinski definition) is 4. The van der Waals surface area contributed by atoms with Crippen LogP contribution in [0.5, 0.6) is 0 Å². The lowest BCUT2D eigenvalue weighted by molar-refractivity contribution is 0.0954. The van der Waals surface area contributed by atoms with E-state index >= 15 is 0 Å². The molecule has 1 amide bonds. The molecule has 0 aliphatic rings. The normalized spacial score (nSPS) is 10.9. The van der Waals surface area contributed by atoms with Crippen molar-refractivity contribution in [3.63, 3.8) is 0 Å². The van der Waals surface area contributed by atoms with E-state index in [2.05, 4.69) is 10.0 Å². The minimum atomic E-state index is -3.37. The van der Waals surface area contributed by atoms with E-state index in [0.717, 1.165) is 11.9 Å². The number of benzene rings is 2. The Labute approximate surface area is 142 Å². The van der Waals surface area contributed by atoms with Gasteiger partial charge in [0.1, 0.15) is 0 Å². The van der Waals surface area contributed by atoms with Crippen LogP contribution in [0.1, 0.15) is 10.4 Å². The molecule has 0 aliphatic carbocycles. The van der Waals surface area contributed by atoms with Crippen molar-refractivity contribution in [1.82, 2.24) is 5.32 Å². The molecule has 7 heteroatoms. The average molecular weight is 347 g/mol. The summed E-state index contributed by atoms with van der Waals surface area (Å²) in [6.07, 6.45) is 1.07. The molecule has 2 N–H and O–H groups in total. The van der Waals surface area contributed by atoms with E-state index in [1.54, 1.807) is 18.2 Å². The molecule has 0 unspecified atom stereocenters. The molecule has 0 atom stereocenters. The van der Waals surface area contributed by atoms with Crippen LogP contribution in [-0.2, 0) is 10.0 Å². The fourth-order valence-electron chi connectivity index (χ4n) is 2.19. The highest BCUT2D eigenvalue weighted by molar-refractivity contribution is 7.92. The molecular weight excluding hydrogens is 326 g/mol. The molecule has 0 saturated heterocycles. The Bertz CT molecular complexity index is 792. The first-order valence-corrected chi connectivity index (χ1v) is 9.36. The molecule has 128 valence electrons. The van der Waals surface area contributed by atoms with Crippen molar-refractivity contribution in [2.75, 3.05) is 36.0 Å². The van der Waals surface area contributed by atoms with Crippen LogP contribution in [-0.4, -0.2) is 40.7 Å². The number of sulfonamides is 1. The zero-order chi connectivity index (χ0) is 17.6. The third-order valence-corrected chi connectivity index (χ3v) is 3.96. The lowest BCUT2D eigenvalue weighted by atomic mass is 10.2. The van der Waals surface area contributed by atoms with Crippen LogP contribution in [0.4, 0.5) is 11.4 Å². The number of amides is 1. The van der Waals surface area contributed by atoms with Gasteiger partial charge >= 0.3 is 0 Å². The van der Waals surface area contributed by atoms with Crippen molar-refractivity contribution in [2.24, 2.45) is 0 Å². The van der Waals surface area contributed by atoms with E-state index in [0.29, 0.717) is 24.3 Å². The van der Waals surface area contributed by atoms with Crippen LogP contribution >= 0.6 is 0 Å². The van der Waals surface area contributed by atoms with E-state index in [4.69, 9.17) is 0 Å². The third-order valence-electron chi connectivity index (χ3n) is 3.36. The highest BCUT2D eigenvalue weighted by Gasteiger charge is 2.08. The Balaban J connectivity index is 1.90. The third kappa shape index (κ3) is 5.58. The summed E-state index contributed by atoms with van der Waals surface area (Å²) in [5.74, 6) is -0.242. The number of carbonyl (C=O) groups is 1. The molecule has 2 aromatic rings. The fraction of sp³-hybridized carbons (Fsp3) is 0.235. The summed E-state index contributed by atoms with van der Waals surface area (Å²) in [6.45, 7) is 1.14. The van der Waals surface area contributed by atoms with Crippen LogP contribution in [0.3, 0.4) is 0 Å². The number of nitrogens with one attached hydrogen (secondary N) is 2. The van der Waals surface area contributed by atoms with Crippen LogP contribution in [0.2, 0.25) is 0 Å². The summed E-state index contributed by atoms with van der Waals surface area (Å²) >= 11 is 0. The molecule has 2 rings (SSSR count). The summed E-state index contributed by atoms with van der Waals surface area (Å²) < 4.78 is 24.8. The zero-order valence-corrected chi connectivity index (χ0v) is 14.5. The summed E-state index contributed by atoms with van der Waals surface area (Å²) in [5.41, 5.74) is 1.85. The minimum absolute atomic E-state index is 0.242. The van der Waals surface area contributed by atoms with Crippen molar-refractivity contribution >= 4 is 27.3 Å². The van der Waals surface area contributed by atoms with Gasteiger partial charge in [0.05, 0.1) is 6.26 Å². The van der Waals surface area contributed by atoms with Gasteiger partial charge in [-0.1, -0.05) is 24.3 Å². The van der Waals surface area contributed by atoms with Gasteiger partial charge in [0.25, 0.3) is 5.91 Å². The summed E-state index contributed by atoms with van der Waals surface area (Å²) in [5, 5.41) is 2.83. The molecule has 0 radical (unpaired) electrons. The van der Waals surface area contributed by atoms with Crippen LogP contribution in [0.15, 0.2) is 54.6 Å². The first-order valence-electron chi connectivity index (χ1n) is 7.47. The summed E-state index contributed by atoms with van der Waals surface area (Å²) in [4.78, 5) is 14.2. The van der Waals surface area contributed by atoms with Crippen molar-refractivity contribution < 1.29 is 13.2 Å². The molecule has 0 heterocycles. The molecule has 0 spiro atoms. The van der Waals surface area contributed by atoms with Gasteiger partial charge in [0.15, 0.2) is 0 Å². The maximum atomic E-state index is 12.2. The maximum Gasteiger partial charge on any atom is 0.251 e. The second kappa shape index (κ2) is 7.83. The molecule has 0 bridgehead atoms. The number of para-hydroxylation sites is 1. The van der Waals surface area contributed by atoms with Gasteiger partial charge in [-0.25, -0.2) is 8.42 Å². The van der Waals surface area contributed by atoms with Crippen molar-refractivity contribution in [1.29, 1.82) is 0 Å². The monoisotopic (exact) mass is 347 g/mol. The predicted octanol–water partition coefficient (Wildman–Crippen LogP) is 1.92. The molecule has 0 fully saturated rings. The number of nitrogens with zero attached hydrogens (tertiary/aromatic N) is 1. The van der Waals surface area contributed by atoms with E-state index in [1.807, 2.05) is 42.3 Å². The van der Waals surface area contributed by atoms with Gasteiger partial charge in [0, 0.05) is 37.1 Å². The van der Waals surface area contributed by atoms with Gasteiger partial charge in [0.2, 0.25) is 10.0 Å². The average Bonchev–Trinajstić information content (AvgIpc) is 2.54. The van der Waals surface area contributed by atoms with Crippen molar-refractivity contribution in [3.8, 4) is 0 Å². The fourth-order valence-corrected chi connectivity index (χ4v) is 2.74. The lowest BCUT2D eigenvalue weighted by Crippen LogP contribution is -2.33. The molecule has 24 heavy (non-hydrogen) atoms. The van der Waals surface area contributed by atoms with Gasteiger partial charge in [-0.2, -0.15) is 0 Å². The Hall–Kier alpha value is -2.54. The van der Waals surface area contributed by atoms with E-state index in [9.17, 15) is 13.2 Å². The number of likely N-dealkylation sites (N-methyl/N-ethyl adjacent to an activating group) is 1. The lowest BCUT2D eigenvalue weighted by Gasteiger charge is -2.19. The van der Waals surface area contributed by atoms with Crippen LogP contribution in [0.25, 0.3) is 0 Å². The first kappa shape index (κ1) is 17.8.